The van der Waals surface area contributed by atoms with E-state index in [1.54, 1.807) is 0 Å². The Balaban J connectivity index is 4.16. The minimum Gasteiger partial charge on any atom is -0.375 e. The van der Waals surface area contributed by atoms with Crippen LogP contribution in [0.3, 0.4) is 0 Å². The minimum atomic E-state index is -0.160. The van der Waals surface area contributed by atoms with Gasteiger partial charge in [-0.2, -0.15) is 0 Å². The Hall–Kier alpha value is -0.0800. The molecule has 2 nitrogen and oxygen atoms in total. The summed E-state index contributed by atoms with van der Waals surface area (Å²) >= 11 is 0. The van der Waals surface area contributed by atoms with Crippen LogP contribution in [0.4, 0.5) is 0 Å². The molecule has 0 saturated carbocycles. The molecule has 0 aromatic rings. The number of rotatable bonds is 16. The van der Waals surface area contributed by atoms with Crippen LogP contribution in [0.2, 0.25) is 0 Å². The van der Waals surface area contributed by atoms with Gasteiger partial charge >= 0.3 is 0 Å². The van der Waals surface area contributed by atoms with Crippen molar-refractivity contribution in [1.82, 2.24) is 0 Å². The van der Waals surface area contributed by atoms with Crippen molar-refractivity contribution in [2.75, 3.05) is 13.2 Å². The van der Waals surface area contributed by atoms with Crippen molar-refractivity contribution in [1.29, 1.82) is 0 Å². The summed E-state index contributed by atoms with van der Waals surface area (Å²) in [7, 11) is 0. The molecule has 0 aliphatic heterocycles. The maximum absolute atomic E-state index is 6.18. The van der Waals surface area contributed by atoms with Crippen molar-refractivity contribution in [3.8, 4) is 0 Å². The van der Waals surface area contributed by atoms with E-state index in [1.807, 2.05) is 0 Å². The normalized spacial score (nSPS) is 13.5. The van der Waals surface area contributed by atoms with E-state index in [1.165, 1.54) is 51.4 Å². The first-order chi connectivity index (χ1) is 10.6. The highest BCUT2D eigenvalue weighted by molar-refractivity contribution is 4.81. The molecule has 0 aromatic heterocycles. The Morgan fingerprint density at radius 1 is 0.682 bits per heavy atom. The van der Waals surface area contributed by atoms with Gasteiger partial charge in [0.05, 0.1) is 11.7 Å². The van der Waals surface area contributed by atoms with Crippen molar-refractivity contribution >= 4 is 0 Å². The molecule has 134 valence electrons. The fourth-order valence-corrected chi connectivity index (χ4v) is 2.68. The second kappa shape index (κ2) is 14.5. The smallest absolute Gasteiger partial charge is 0.0886 e. The van der Waals surface area contributed by atoms with Crippen LogP contribution in [0, 0.1) is 0 Å². The first kappa shape index (κ1) is 21.9. The van der Waals surface area contributed by atoms with Crippen LogP contribution in [0.1, 0.15) is 105 Å². The number of ether oxygens (including phenoxy) is 2. The van der Waals surface area contributed by atoms with Crippen LogP contribution in [0.25, 0.3) is 0 Å². The summed E-state index contributed by atoms with van der Waals surface area (Å²) in [5, 5.41) is 0. The van der Waals surface area contributed by atoms with E-state index in [2.05, 4.69) is 34.6 Å². The van der Waals surface area contributed by atoms with Crippen molar-refractivity contribution in [3.05, 3.63) is 0 Å². The van der Waals surface area contributed by atoms with Gasteiger partial charge in [0.25, 0.3) is 0 Å². The summed E-state index contributed by atoms with van der Waals surface area (Å²) in [5.41, 5.74) is -0.160. The lowest BCUT2D eigenvalue weighted by molar-refractivity contribution is -0.131. The quantitative estimate of drug-likeness (QED) is 0.302. The molecular formula is C20H42O2. The van der Waals surface area contributed by atoms with Crippen LogP contribution < -0.4 is 0 Å². The van der Waals surface area contributed by atoms with Gasteiger partial charge in [-0.3, -0.25) is 0 Å². The third-order valence-corrected chi connectivity index (χ3v) is 4.38. The third-order valence-electron chi connectivity index (χ3n) is 4.38. The molecule has 0 fully saturated rings. The Kier molecular flexibility index (Phi) is 14.5. The zero-order chi connectivity index (χ0) is 16.7. The van der Waals surface area contributed by atoms with Gasteiger partial charge in [0, 0.05) is 13.2 Å². The fourth-order valence-electron chi connectivity index (χ4n) is 2.68. The fraction of sp³-hybridized carbons (Fsp3) is 1.00. The predicted octanol–water partition coefficient (Wildman–Crippen LogP) is 6.52. The van der Waals surface area contributed by atoms with Crippen LogP contribution in [0.15, 0.2) is 0 Å². The minimum absolute atomic E-state index is 0.160. The van der Waals surface area contributed by atoms with Gasteiger partial charge in [0.2, 0.25) is 0 Å². The van der Waals surface area contributed by atoms with Crippen molar-refractivity contribution in [2.24, 2.45) is 0 Å². The van der Waals surface area contributed by atoms with Crippen LogP contribution >= 0.6 is 0 Å². The first-order valence-corrected chi connectivity index (χ1v) is 9.84. The Bertz CT molecular complexity index is 226. The van der Waals surface area contributed by atoms with E-state index in [0.29, 0.717) is 0 Å². The molecule has 0 aliphatic rings. The molecule has 1 unspecified atom stereocenters. The van der Waals surface area contributed by atoms with Crippen molar-refractivity contribution < 1.29 is 9.47 Å². The average Bonchev–Trinajstić information content (AvgIpc) is 2.49. The van der Waals surface area contributed by atoms with Crippen LogP contribution in [-0.2, 0) is 9.47 Å². The molecule has 0 radical (unpaired) electrons. The van der Waals surface area contributed by atoms with E-state index in [-0.39, 0.29) is 11.7 Å². The Morgan fingerprint density at radius 2 is 1.23 bits per heavy atom. The third kappa shape index (κ3) is 11.5. The highest BCUT2D eigenvalue weighted by Gasteiger charge is 2.30. The molecule has 0 amide bonds. The van der Waals surface area contributed by atoms with Crippen molar-refractivity contribution in [3.63, 3.8) is 0 Å². The number of hydrogen-bond acceptors (Lipinski definition) is 2. The van der Waals surface area contributed by atoms with Gasteiger partial charge in [0.1, 0.15) is 0 Å². The van der Waals surface area contributed by atoms with Gasteiger partial charge < -0.3 is 9.47 Å². The standard InChI is InChI=1S/C20H42O2/c1-6-9-12-13-14-15-16-19(21-17-10-7-2)20(4,5)22-18-11-8-3/h19H,6-18H2,1-5H3. The maximum atomic E-state index is 6.18. The van der Waals surface area contributed by atoms with Gasteiger partial charge in [-0.1, -0.05) is 72.1 Å². The van der Waals surface area contributed by atoms with Gasteiger partial charge in [0.15, 0.2) is 0 Å². The topological polar surface area (TPSA) is 18.5 Å². The molecule has 0 heterocycles. The molecule has 0 aliphatic carbocycles. The van der Waals surface area contributed by atoms with E-state index < -0.39 is 0 Å². The molecule has 0 bridgehead atoms. The second-order valence-corrected chi connectivity index (χ2v) is 7.07. The van der Waals surface area contributed by atoms with Crippen LogP contribution in [-0.4, -0.2) is 24.9 Å². The van der Waals surface area contributed by atoms with E-state index in [0.717, 1.165) is 32.5 Å². The lowest BCUT2D eigenvalue weighted by atomic mass is 9.95. The summed E-state index contributed by atoms with van der Waals surface area (Å²) in [5.74, 6) is 0. The van der Waals surface area contributed by atoms with E-state index in [9.17, 15) is 0 Å². The molecular weight excluding hydrogens is 272 g/mol. The molecule has 1 atom stereocenters. The van der Waals surface area contributed by atoms with Gasteiger partial charge in [-0.15, -0.1) is 0 Å². The summed E-state index contributed by atoms with van der Waals surface area (Å²) in [4.78, 5) is 0. The maximum Gasteiger partial charge on any atom is 0.0886 e. The highest BCUT2D eigenvalue weighted by atomic mass is 16.5. The lowest BCUT2D eigenvalue weighted by Crippen LogP contribution is -2.41. The monoisotopic (exact) mass is 314 g/mol. The van der Waals surface area contributed by atoms with Crippen molar-refractivity contribution in [2.45, 2.75) is 117 Å². The van der Waals surface area contributed by atoms with E-state index in [4.69, 9.17) is 9.47 Å². The zero-order valence-corrected chi connectivity index (χ0v) is 16.1. The molecule has 0 rings (SSSR count). The molecule has 22 heavy (non-hydrogen) atoms. The predicted molar refractivity (Wildman–Crippen MR) is 97.6 cm³/mol. The van der Waals surface area contributed by atoms with Crippen LogP contribution in [0.5, 0.6) is 0 Å². The Labute approximate surface area is 140 Å². The summed E-state index contributed by atoms with van der Waals surface area (Å²) in [6.45, 7) is 12.8. The van der Waals surface area contributed by atoms with Gasteiger partial charge in [-0.05, 0) is 33.1 Å². The largest absolute Gasteiger partial charge is 0.375 e. The van der Waals surface area contributed by atoms with Gasteiger partial charge in [-0.25, -0.2) is 0 Å². The summed E-state index contributed by atoms with van der Waals surface area (Å²) in [6.07, 6.45) is 14.1. The Morgan fingerprint density at radius 3 is 1.86 bits per heavy atom. The molecule has 2 heteroatoms. The molecule has 0 N–H and O–H groups in total. The summed E-state index contributed by atoms with van der Waals surface area (Å²) < 4.78 is 12.3. The van der Waals surface area contributed by atoms with E-state index >= 15 is 0 Å². The second-order valence-electron chi connectivity index (χ2n) is 7.07. The first-order valence-electron chi connectivity index (χ1n) is 9.84. The molecule has 0 aromatic carbocycles. The molecule has 0 saturated heterocycles. The molecule has 0 spiro atoms. The lowest BCUT2D eigenvalue weighted by Gasteiger charge is -2.34. The number of hydrogen-bond donors (Lipinski definition) is 0. The highest BCUT2D eigenvalue weighted by Crippen LogP contribution is 2.24. The number of unbranched alkanes of at least 4 members (excludes halogenated alkanes) is 7. The zero-order valence-electron chi connectivity index (χ0n) is 16.1. The SMILES string of the molecule is CCCCCCCCC(OCCCC)C(C)(C)OCCCC. The summed E-state index contributed by atoms with van der Waals surface area (Å²) in [6, 6.07) is 0. The average molecular weight is 315 g/mol.